The van der Waals surface area contributed by atoms with Gasteiger partial charge < -0.3 is 33.9 Å². The molecule has 2 atom stereocenters. The Morgan fingerprint density at radius 2 is 1.31 bits per heavy atom. The van der Waals surface area contributed by atoms with E-state index < -0.39 is 18.3 Å². The predicted octanol–water partition coefficient (Wildman–Crippen LogP) is 8.88. The van der Waals surface area contributed by atoms with Crippen LogP contribution in [0.2, 0.25) is 0 Å². The average molecular weight is 722 g/mol. The lowest BCUT2D eigenvalue weighted by Crippen LogP contribution is -2.35. The summed E-state index contributed by atoms with van der Waals surface area (Å²) in [6, 6.07) is 0. The van der Waals surface area contributed by atoms with Crippen LogP contribution in [0, 0.1) is 12.8 Å². The van der Waals surface area contributed by atoms with Gasteiger partial charge in [-0.15, -0.1) is 0 Å². The first kappa shape index (κ1) is 46.6. The molecule has 1 heterocycles. The smallest absolute Gasteiger partial charge is 0.407 e. The molecule has 0 aromatic carbocycles. The third-order valence-electron chi connectivity index (χ3n) is 8.71. The number of hydrogen-bond donors (Lipinski definition) is 1. The second-order valence-corrected chi connectivity index (χ2v) is 13.6. The number of alkyl carbamates (subject to hydrolysis) is 1. The number of nitrogens with zero attached hydrogens (tertiary/aromatic N) is 1. The number of likely N-dealkylation sites (tertiary alicyclic amines) is 1. The number of allylic oxidation sites excluding steroid dienone is 4. The second kappa shape index (κ2) is 33.4. The molecule has 0 saturated carbocycles. The fourth-order valence-corrected chi connectivity index (χ4v) is 5.65. The van der Waals surface area contributed by atoms with E-state index in [9.17, 15) is 14.4 Å². The monoisotopic (exact) mass is 722 g/mol. The van der Waals surface area contributed by atoms with E-state index in [1.54, 1.807) is 0 Å². The van der Waals surface area contributed by atoms with E-state index in [4.69, 9.17) is 23.7 Å². The van der Waals surface area contributed by atoms with Crippen LogP contribution in [0.4, 0.5) is 4.79 Å². The van der Waals surface area contributed by atoms with E-state index >= 15 is 0 Å². The lowest BCUT2D eigenvalue weighted by molar-refractivity contribution is -0.160. The first-order valence-corrected chi connectivity index (χ1v) is 20.2. The molecule has 51 heavy (non-hydrogen) atoms. The summed E-state index contributed by atoms with van der Waals surface area (Å²) in [4.78, 5) is 39.9. The van der Waals surface area contributed by atoms with Crippen LogP contribution < -0.4 is 5.32 Å². The Hall–Kier alpha value is -2.43. The van der Waals surface area contributed by atoms with Gasteiger partial charge in [-0.1, -0.05) is 64.3 Å². The highest BCUT2D eigenvalue weighted by Gasteiger charge is 2.19. The van der Waals surface area contributed by atoms with Crippen LogP contribution in [0.25, 0.3) is 0 Å². The molecule has 0 aromatic rings. The first-order valence-electron chi connectivity index (χ1n) is 20.2. The lowest BCUT2D eigenvalue weighted by atomic mass is 10.1. The van der Waals surface area contributed by atoms with Gasteiger partial charge in [0.2, 0.25) is 0 Å². The maximum absolute atomic E-state index is 12.5. The Morgan fingerprint density at radius 1 is 0.725 bits per heavy atom. The third kappa shape index (κ3) is 28.8. The van der Waals surface area contributed by atoms with Gasteiger partial charge in [0.1, 0.15) is 6.10 Å². The minimum absolute atomic E-state index is 0.0425. The molecule has 295 valence electrons. The SMILES string of the molecule is [CH2]C(COC(=O)CCC(CCCCCC)OC(=O)NCCN1CCCC1)COC(=O)CCC(OCCCC/C=C\CC)OCCCC/C=C\CC. The van der Waals surface area contributed by atoms with Crippen molar-refractivity contribution in [2.75, 3.05) is 52.6 Å². The highest BCUT2D eigenvalue weighted by Crippen LogP contribution is 2.15. The summed E-state index contributed by atoms with van der Waals surface area (Å²) in [7, 11) is 0. The maximum Gasteiger partial charge on any atom is 0.407 e. The predicted molar refractivity (Wildman–Crippen MR) is 204 cm³/mol. The van der Waals surface area contributed by atoms with E-state index in [0.29, 0.717) is 39.0 Å². The summed E-state index contributed by atoms with van der Waals surface area (Å²) in [6.45, 7) is 15.2. The molecule has 0 aliphatic carbocycles. The number of rotatable bonds is 33. The molecule has 1 saturated heterocycles. The van der Waals surface area contributed by atoms with E-state index in [1.165, 1.54) is 12.8 Å². The third-order valence-corrected chi connectivity index (χ3v) is 8.71. The summed E-state index contributed by atoms with van der Waals surface area (Å²) >= 11 is 0. The van der Waals surface area contributed by atoms with Crippen molar-refractivity contribution in [3.8, 4) is 0 Å². The Kier molecular flexibility index (Phi) is 30.5. The number of esters is 2. The van der Waals surface area contributed by atoms with Gasteiger partial charge in [0.15, 0.2) is 6.29 Å². The number of hydrogen-bond acceptors (Lipinski definition) is 9. The Labute approximate surface area is 310 Å². The summed E-state index contributed by atoms with van der Waals surface area (Å²) in [5.41, 5.74) is 0. The summed E-state index contributed by atoms with van der Waals surface area (Å²) in [5, 5.41) is 2.86. The van der Waals surface area contributed by atoms with Crippen molar-refractivity contribution in [2.24, 2.45) is 5.92 Å². The van der Waals surface area contributed by atoms with Crippen LogP contribution in [0.1, 0.15) is 143 Å². The van der Waals surface area contributed by atoms with E-state index in [0.717, 1.165) is 96.7 Å². The Balaban J connectivity index is 2.37. The fourth-order valence-electron chi connectivity index (χ4n) is 5.65. The van der Waals surface area contributed by atoms with E-state index in [-0.39, 0.29) is 44.1 Å². The number of ether oxygens (including phenoxy) is 5. The van der Waals surface area contributed by atoms with Crippen molar-refractivity contribution in [1.82, 2.24) is 10.2 Å². The normalized spacial score (nSPS) is 14.8. The first-order chi connectivity index (χ1) is 24.9. The number of carbonyl (C=O) groups excluding carboxylic acids is 3. The molecule has 1 amide bonds. The molecule has 0 aromatic heterocycles. The summed E-state index contributed by atoms with van der Waals surface area (Å²) in [6.07, 6.45) is 24.2. The van der Waals surface area contributed by atoms with Gasteiger partial charge in [0.05, 0.1) is 19.6 Å². The van der Waals surface area contributed by atoms with Gasteiger partial charge >= 0.3 is 18.0 Å². The largest absolute Gasteiger partial charge is 0.465 e. The van der Waals surface area contributed by atoms with Gasteiger partial charge in [0, 0.05) is 45.1 Å². The van der Waals surface area contributed by atoms with E-state index in [1.807, 2.05) is 0 Å². The zero-order chi connectivity index (χ0) is 37.2. The number of amides is 1. The average Bonchev–Trinajstić information content (AvgIpc) is 3.65. The molecule has 1 fully saturated rings. The van der Waals surface area contributed by atoms with E-state index in [2.05, 4.69) is 62.2 Å². The standard InChI is InChI=1S/C41H73N2O8/c1-5-8-11-14-16-21-32-47-40(48-33-22-17-15-12-9-6-2)27-26-39(45)50-35-36(4)34-49-38(44)25-24-37(23-18-13-10-7-3)51-41(46)42-28-31-43-29-19-20-30-43/h8-9,11-12,36-37,40H,4-7,10,13-35H2,1-3H3,(H,42,46)/b11-8-,12-9-. The van der Waals surface area contributed by atoms with Crippen LogP contribution >= 0.6 is 0 Å². The zero-order valence-corrected chi connectivity index (χ0v) is 32.6. The van der Waals surface area contributed by atoms with Crippen molar-refractivity contribution in [3.05, 3.63) is 31.2 Å². The summed E-state index contributed by atoms with van der Waals surface area (Å²) < 4.78 is 28.5. The molecule has 2 unspecified atom stereocenters. The molecule has 10 heteroatoms. The molecular formula is C41H73N2O8. The molecule has 10 nitrogen and oxygen atoms in total. The molecule has 1 N–H and O–H groups in total. The maximum atomic E-state index is 12.5. The highest BCUT2D eigenvalue weighted by molar-refractivity contribution is 5.70. The number of unbranched alkanes of at least 4 members (excludes halogenated alkanes) is 7. The minimum atomic E-state index is -0.452. The van der Waals surface area contributed by atoms with Crippen LogP contribution in [0.3, 0.4) is 0 Å². The fraction of sp³-hybridized carbons (Fsp3) is 0.805. The molecular weight excluding hydrogens is 648 g/mol. The minimum Gasteiger partial charge on any atom is -0.465 e. The quantitative estimate of drug-likeness (QED) is 0.0233. The highest BCUT2D eigenvalue weighted by atomic mass is 16.7. The molecule has 0 bridgehead atoms. The van der Waals surface area contributed by atoms with Crippen molar-refractivity contribution < 1.29 is 38.1 Å². The Bertz CT molecular complexity index is 897. The van der Waals surface area contributed by atoms with Gasteiger partial charge in [0.25, 0.3) is 0 Å². The zero-order valence-electron chi connectivity index (χ0n) is 32.6. The molecule has 1 radical (unpaired) electrons. The van der Waals surface area contributed by atoms with Crippen molar-refractivity contribution in [1.29, 1.82) is 0 Å². The second-order valence-electron chi connectivity index (χ2n) is 13.6. The molecule has 0 spiro atoms. The van der Waals surface area contributed by atoms with Gasteiger partial charge in [-0.25, -0.2) is 4.79 Å². The number of nitrogens with one attached hydrogen (secondary N) is 1. The van der Waals surface area contributed by atoms with Crippen LogP contribution in [-0.2, 0) is 33.3 Å². The van der Waals surface area contributed by atoms with Gasteiger partial charge in [-0.3, -0.25) is 9.59 Å². The number of carbonyl (C=O) groups is 3. The van der Waals surface area contributed by atoms with Crippen LogP contribution in [0.15, 0.2) is 24.3 Å². The summed E-state index contributed by atoms with van der Waals surface area (Å²) in [5.74, 6) is -1.14. The molecule has 1 rings (SSSR count). The van der Waals surface area contributed by atoms with Gasteiger partial charge in [-0.2, -0.15) is 0 Å². The van der Waals surface area contributed by atoms with Gasteiger partial charge in [-0.05, 0) is 103 Å². The van der Waals surface area contributed by atoms with Crippen molar-refractivity contribution in [2.45, 2.75) is 155 Å². The molecule has 1 aliphatic heterocycles. The topological polar surface area (TPSA) is 113 Å². The van der Waals surface area contributed by atoms with Crippen molar-refractivity contribution in [3.63, 3.8) is 0 Å². The van der Waals surface area contributed by atoms with Crippen LogP contribution in [0.5, 0.6) is 0 Å². The molecule has 1 aliphatic rings. The Morgan fingerprint density at radius 3 is 1.88 bits per heavy atom. The van der Waals surface area contributed by atoms with Crippen molar-refractivity contribution >= 4 is 18.0 Å². The lowest BCUT2D eigenvalue weighted by Gasteiger charge is -2.20. The van der Waals surface area contributed by atoms with Crippen LogP contribution in [-0.4, -0.2) is 87.9 Å².